The van der Waals surface area contributed by atoms with E-state index in [1.165, 1.54) is 17.3 Å². The summed E-state index contributed by atoms with van der Waals surface area (Å²) in [7, 11) is 3.30. The van der Waals surface area contributed by atoms with Gasteiger partial charge in [0.05, 0.1) is 18.1 Å². The minimum atomic E-state index is -4.51. The molecule has 3 amide bonds. The zero-order valence-electron chi connectivity index (χ0n) is 19.7. The number of anilines is 1. The maximum atomic E-state index is 12.3. The number of halogens is 3. The number of alkyl halides is 3. The Hall–Kier alpha value is -4.42. The number of carbonyl (C=O) groups excluding carboxylic acids is 2. The van der Waals surface area contributed by atoms with Gasteiger partial charge in [0.1, 0.15) is 12.6 Å². The lowest BCUT2D eigenvalue weighted by Gasteiger charge is -2.13. The molecule has 0 aliphatic rings. The maximum absolute atomic E-state index is 12.3. The summed E-state index contributed by atoms with van der Waals surface area (Å²) in [5, 5.41) is 8.55. The van der Waals surface area contributed by atoms with Crippen molar-refractivity contribution in [2.75, 3.05) is 26.0 Å². The van der Waals surface area contributed by atoms with Gasteiger partial charge in [0, 0.05) is 48.9 Å². The molecule has 13 heteroatoms. The average molecular weight is 503 g/mol. The number of likely N-dealkylation sites (N-methyl/N-ethyl adjacent to an activating group) is 1. The summed E-state index contributed by atoms with van der Waals surface area (Å²) in [6, 6.07) is 6.71. The summed E-state index contributed by atoms with van der Waals surface area (Å²) in [6.45, 7) is 0.241. The van der Waals surface area contributed by atoms with E-state index in [-0.39, 0.29) is 5.91 Å². The third-order valence-corrected chi connectivity index (χ3v) is 4.98. The molecule has 10 nitrogen and oxygen atoms in total. The van der Waals surface area contributed by atoms with Gasteiger partial charge < -0.3 is 21.3 Å². The Balaban J connectivity index is 1.80. The first-order valence-electron chi connectivity index (χ1n) is 10.7. The van der Waals surface area contributed by atoms with Crippen molar-refractivity contribution in [2.45, 2.75) is 19.1 Å². The first kappa shape index (κ1) is 26.2. The highest BCUT2D eigenvalue weighted by atomic mass is 19.4. The van der Waals surface area contributed by atoms with E-state index >= 15 is 0 Å². The predicted octanol–water partition coefficient (Wildman–Crippen LogP) is 2.93. The number of benzene rings is 1. The molecular weight excluding hydrogens is 477 g/mol. The Bertz CT molecular complexity index is 1310. The summed E-state index contributed by atoms with van der Waals surface area (Å²) < 4.78 is 38.5. The number of nitrogens with zero attached hydrogens (tertiary/aromatic N) is 5. The van der Waals surface area contributed by atoms with Crippen molar-refractivity contribution in [1.29, 1.82) is 0 Å². The third kappa shape index (κ3) is 6.58. The highest BCUT2D eigenvalue weighted by Crippen LogP contribution is 2.24. The van der Waals surface area contributed by atoms with Gasteiger partial charge in [-0.2, -0.15) is 18.3 Å². The van der Waals surface area contributed by atoms with Crippen LogP contribution in [0, 0.1) is 0 Å². The molecule has 190 valence electrons. The maximum Gasteiger partial charge on any atom is 0.405 e. The fourth-order valence-electron chi connectivity index (χ4n) is 3.19. The lowest BCUT2D eigenvalue weighted by Crippen LogP contribution is -2.36. The van der Waals surface area contributed by atoms with E-state index in [0.29, 0.717) is 33.7 Å². The lowest BCUT2D eigenvalue weighted by molar-refractivity contribution is -0.129. The van der Waals surface area contributed by atoms with Crippen LogP contribution in [0.1, 0.15) is 12.5 Å². The number of imidazole rings is 1. The number of amides is 3. The van der Waals surface area contributed by atoms with Crippen molar-refractivity contribution in [3.63, 3.8) is 0 Å². The molecule has 0 saturated heterocycles. The van der Waals surface area contributed by atoms with Gasteiger partial charge in [-0.15, -0.1) is 0 Å². The van der Waals surface area contributed by atoms with Crippen LogP contribution in [0.25, 0.3) is 22.5 Å². The summed E-state index contributed by atoms with van der Waals surface area (Å²) in [4.78, 5) is 33.9. The predicted molar refractivity (Wildman–Crippen MR) is 130 cm³/mol. The standard InChI is InChI=1S/C23H25F3N8O2/c1-14(21(35)33(2)3)28-10-17(9-27)16-8-20-29-12-19(34(20)31-11-16)15-5-4-6-18(7-15)32-22(36)30-13-23(24,25)26/h4-12,14H,13,27H2,1-3H3,(H2,30,32,36)/b17-9+,28-10?. The molecule has 4 N–H and O–H groups in total. The molecule has 0 bridgehead atoms. The number of nitrogens with two attached hydrogens (primary N) is 1. The molecule has 0 aliphatic heterocycles. The van der Waals surface area contributed by atoms with Gasteiger partial charge >= 0.3 is 12.2 Å². The second-order valence-electron chi connectivity index (χ2n) is 7.97. The van der Waals surface area contributed by atoms with Gasteiger partial charge in [-0.1, -0.05) is 12.1 Å². The van der Waals surface area contributed by atoms with Gasteiger partial charge in [-0.25, -0.2) is 14.3 Å². The normalized spacial score (nSPS) is 13.1. The highest BCUT2D eigenvalue weighted by Gasteiger charge is 2.27. The van der Waals surface area contributed by atoms with E-state index in [1.54, 1.807) is 73.6 Å². The van der Waals surface area contributed by atoms with E-state index in [0.717, 1.165) is 0 Å². The van der Waals surface area contributed by atoms with E-state index in [9.17, 15) is 22.8 Å². The van der Waals surface area contributed by atoms with Crippen molar-refractivity contribution in [3.8, 4) is 11.3 Å². The number of rotatable bonds is 7. The van der Waals surface area contributed by atoms with Crippen molar-refractivity contribution in [3.05, 3.63) is 54.5 Å². The largest absolute Gasteiger partial charge is 0.405 e. The number of aromatic nitrogens is 3. The number of hydrogen-bond acceptors (Lipinski definition) is 6. The van der Waals surface area contributed by atoms with Gasteiger partial charge in [0.15, 0.2) is 5.65 Å². The Kier molecular flexibility index (Phi) is 7.92. The van der Waals surface area contributed by atoms with Crippen molar-refractivity contribution >= 4 is 35.1 Å². The van der Waals surface area contributed by atoms with Gasteiger partial charge in [0.25, 0.3) is 0 Å². The summed E-state index contributed by atoms with van der Waals surface area (Å²) >= 11 is 0. The smallest absolute Gasteiger partial charge is 0.404 e. The Labute approximate surface area is 204 Å². The number of carbonyl (C=O) groups is 2. The van der Waals surface area contributed by atoms with E-state index < -0.39 is 24.8 Å². The quantitative estimate of drug-likeness (QED) is 0.428. The topological polar surface area (TPSA) is 130 Å². The Morgan fingerprint density at radius 1 is 1.25 bits per heavy atom. The van der Waals surface area contributed by atoms with Crippen LogP contribution in [-0.2, 0) is 4.79 Å². The van der Waals surface area contributed by atoms with Crippen molar-refractivity contribution in [1.82, 2.24) is 24.8 Å². The first-order chi connectivity index (χ1) is 17.0. The van der Waals surface area contributed by atoms with E-state index in [1.807, 2.05) is 0 Å². The molecule has 1 atom stereocenters. The molecule has 0 aliphatic carbocycles. The van der Waals surface area contributed by atoms with E-state index in [4.69, 9.17) is 5.73 Å². The van der Waals surface area contributed by atoms with Gasteiger partial charge in [-0.3, -0.25) is 9.79 Å². The fraction of sp³-hybridized carbons (Fsp3) is 0.261. The fourth-order valence-corrected chi connectivity index (χ4v) is 3.19. The molecule has 0 spiro atoms. The Morgan fingerprint density at radius 3 is 2.67 bits per heavy atom. The van der Waals surface area contributed by atoms with Crippen LogP contribution in [0.5, 0.6) is 0 Å². The number of aliphatic imine (C=N–C) groups is 1. The second kappa shape index (κ2) is 10.9. The zero-order chi connectivity index (χ0) is 26.5. The molecule has 2 heterocycles. The molecular formula is C23H25F3N8O2. The molecule has 36 heavy (non-hydrogen) atoms. The number of hydrogen-bond donors (Lipinski definition) is 3. The van der Waals surface area contributed by atoms with Crippen LogP contribution < -0.4 is 16.4 Å². The minimum Gasteiger partial charge on any atom is -0.404 e. The zero-order valence-corrected chi connectivity index (χ0v) is 19.7. The lowest BCUT2D eigenvalue weighted by atomic mass is 10.1. The third-order valence-electron chi connectivity index (χ3n) is 4.98. The highest BCUT2D eigenvalue weighted by molar-refractivity contribution is 6.10. The van der Waals surface area contributed by atoms with Crippen LogP contribution >= 0.6 is 0 Å². The van der Waals surface area contributed by atoms with Gasteiger partial charge in [-0.05, 0) is 25.1 Å². The number of fused-ring (bicyclic) bond motifs is 1. The monoisotopic (exact) mass is 502 g/mol. The molecule has 1 unspecified atom stereocenters. The minimum absolute atomic E-state index is 0.149. The van der Waals surface area contributed by atoms with Crippen LogP contribution in [0.2, 0.25) is 0 Å². The van der Waals surface area contributed by atoms with Crippen molar-refractivity contribution < 1.29 is 22.8 Å². The Morgan fingerprint density at radius 2 is 2.00 bits per heavy atom. The van der Waals surface area contributed by atoms with E-state index in [2.05, 4.69) is 20.4 Å². The second-order valence-corrected chi connectivity index (χ2v) is 7.97. The number of allylic oxidation sites excluding steroid dienone is 1. The van der Waals surface area contributed by atoms with Crippen LogP contribution in [0.15, 0.2) is 53.9 Å². The molecule has 1 aromatic carbocycles. The summed E-state index contributed by atoms with van der Waals surface area (Å²) in [5.41, 5.74) is 8.95. The average Bonchev–Trinajstić information content (AvgIpc) is 3.25. The van der Waals surface area contributed by atoms with Crippen LogP contribution in [0.4, 0.5) is 23.7 Å². The summed E-state index contributed by atoms with van der Waals surface area (Å²) in [6.07, 6.45) is 1.49. The molecule has 0 saturated carbocycles. The van der Waals surface area contributed by atoms with Crippen LogP contribution in [-0.4, -0.2) is 70.5 Å². The molecule has 0 radical (unpaired) electrons. The number of urea groups is 1. The summed E-state index contributed by atoms with van der Waals surface area (Å²) in [5.74, 6) is -0.149. The molecule has 2 aromatic heterocycles. The molecule has 0 fully saturated rings. The van der Waals surface area contributed by atoms with Gasteiger partial charge in [0.2, 0.25) is 5.91 Å². The SMILES string of the molecule is CC(N=C/C(=C\N)c1cnn2c(-c3cccc(NC(=O)NCC(F)(F)F)c3)cnc2c1)C(=O)N(C)C. The first-order valence-corrected chi connectivity index (χ1v) is 10.7. The van der Waals surface area contributed by atoms with Crippen molar-refractivity contribution in [2.24, 2.45) is 10.7 Å². The molecule has 3 rings (SSSR count). The van der Waals surface area contributed by atoms with Crippen LogP contribution in [0.3, 0.4) is 0 Å². The number of nitrogens with one attached hydrogen (secondary N) is 2. The molecule has 3 aromatic rings.